The monoisotopic (exact) mass is 343 g/mol. The summed E-state index contributed by atoms with van der Waals surface area (Å²) in [5.41, 5.74) is 0.386. The number of aromatic nitrogens is 1. The molecule has 4 bridgehead atoms. The number of hydrogen-bond acceptors (Lipinski definition) is 4. The van der Waals surface area contributed by atoms with Gasteiger partial charge in [0.25, 0.3) is 5.91 Å². The van der Waals surface area contributed by atoms with Crippen LogP contribution in [0.1, 0.15) is 54.8 Å². The molecule has 0 aromatic carbocycles. The molecular formula is C19H25N3O3. The van der Waals surface area contributed by atoms with Crippen molar-refractivity contribution in [3.05, 3.63) is 17.5 Å². The predicted octanol–water partition coefficient (Wildman–Crippen LogP) is 2.14. The third-order valence-electron chi connectivity index (χ3n) is 6.81. The number of amides is 2. The number of rotatable bonds is 3. The van der Waals surface area contributed by atoms with Crippen LogP contribution in [0.15, 0.2) is 10.6 Å². The summed E-state index contributed by atoms with van der Waals surface area (Å²) in [6.45, 7) is 2.74. The third kappa shape index (κ3) is 2.57. The lowest BCUT2D eigenvalue weighted by Crippen LogP contribution is -2.64. The highest BCUT2D eigenvalue weighted by atomic mass is 16.5. The maximum atomic E-state index is 12.7. The molecule has 4 aliphatic carbocycles. The molecule has 2 amide bonds. The molecule has 1 aliphatic heterocycles. The maximum Gasteiger partial charge on any atom is 0.276 e. The van der Waals surface area contributed by atoms with Gasteiger partial charge in [-0.15, -0.1) is 0 Å². The average Bonchev–Trinajstić information content (AvgIpc) is 2.90. The van der Waals surface area contributed by atoms with Crippen LogP contribution in [0.25, 0.3) is 0 Å². The Kier molecular flexibility index (Phi) is 3.28. The van der Waals surface area contributed by atoms with E-state index >= 15 is 0 Å². The Morgan fingerprint density at radius 2 is 1.76 bits per heavy atom. The Labute approximate surface area is 147 Å². The number of aryl methyl sites for hydroxylation is 1. The van der Waals surface area contributed by atoms with Gasteiger partial charge >= 0.3 is 0 Å². The van der Waals surface area contributed by atoms with Gasteiger partial charge in [0.15, 0.2) is 5.69 Å². The maximum absolute atomic E-state index is 12.7. The first-order valence-corrected chi connectivity index (χ1v) is 9.54. The molecule has 6 heteroatoms. The first-order valence-electron chi connectivity index (χ1n) is 9.54. The van der Waals surface area contributed by atoms with E-state index in [0.29, 0.717) is 24.5 Å². The summed E-state index contributed by atoms with van der Waals surface area (Å²) in [6.07, 6.45) is 7.61. The molecule has 5 aliphatic rings. The smallest absolute Gasteiger partial charge is 0.276 e. The number of nitrogens with one attached hydrogen (secondary N) is 1. The molecule has 1 aromatic heterocycles. The summed E-state index contributed by atoms with van der Waals surface area (Å²) in [5, 5.41) is 7.19. The van der Waals surface area contributed by atoms with Gasteiger partial charge in [0.05, 0.1) is 5.92 Å². The largest absolute Gasteiger partial charge is 0.361 e. The minimum absolute atomic E-state index is 0.0550. The fraction of sp³-hybridized carbons (Fsp3) is 0.737. The molecule has 6 rings (SSSR count). The van der Waals surface area contributed by atoms with Gasteiger partial charge in [-0.2, -0.15) is 0 Å². The molecule has 2 heterocycles. The van der Waals surface area contributed by atoms with Gasteiger partial charge < -0.3 is 14.7 Å². The molecule has 1 saturated heterocycles. The van der Waals surface area contributed by atoms with Crippen LogP contribution in [-0.4, -0.2) is 40.5 Å². The second-order valence-corrected chi connectivity index (χ2v) is 8.92. The van der Waals surface area contributed by atoms with E-state index in [4.69, 9.17) is 4.52 Å². The summed E-state index contributed by atoms with van der Waals surface area (Å²) >= 11 is 0. The van der Waals surface area contributed by atoms with Crippen LogP contribution < -0.4 is 5.32 Å². The summed E-state index contributed by atoms with van der Waals surface area (Å²) in [4.78, 5) is 26.7. The molecule has 0 atom stereocenters. The van der Waals surface area contributed by atoms with Crippen LogP contribution in [0, 0.1) is 30.6 Å². The van der Waals surface area contributed by atoms with Gasteiger partial charge in [-0.1, -0.05) is 5.16 Å². The van der Waals surface area contributed by atoms with Crippen LogP contribution >= 0.6 is 0 Å². The van der Waals surface area contributed by atoms with Crippen molar-refractivity contribution in [1.82, 2.24) is 15.4 Å². The normalized spacial score (nSPS) is 36.4. The van der Waals surface area contributed by atoms with Crippen molar-refractivity contribution in [3.63, 3.8) is 0 Å². The molecule has 25 heavy (non-hydrogen) atoms. The zero-order chi connectivity index (χ0) is 17.2. The molecule has 6 nitrogen and oxygen atoms in total. The Balaban J connectivity index is 1.19. The zero-order valence-corrected chi connectivity index (χ0v) is 14.7. The van der Waals surface area contributed by atoms with Crippen molar-refractivity contribution in [3.8, 4) is 0 Å². The minimum Gasteiger partial charge on any atom is -0.361 e. The van der Waals surface area contributed by atoms with E-state index in [0.717, 1.165) is 17.8 Å². The molecule has 1 aromatic rings. The molecule has 4 saturated carbocycles. The van der Waals surface area contributed by atoms with Gasteiger partial charge in [0.2, 0.25) is 5.91 Å². The van der Waals surface area contributed by atoms with E-state index in [1.807, 2.05) is 0 Å². The topological polar surface area (TPSA) is 75.4 Å². The standard InChI is InChI=1S/C19H25N3O3/c1-11-2-16(21-25-11)18(24)22-9-15(10-22)17(23)20-19-6-12-3-13(7-19)5-14(4-12)8-19/h2,12-15H,3-10H2,1H3,(H,20,23). The van der Waals surface area contributed by atoms with Crippen molar-refractivity contribution in [2.45, 2.75) is 51.0 Å². The summed E-state index contributed by atoms with van der Waals surface area (Å²) in [6, 6.07) is 1.64. The van der Waals surface area contributed by atoms with Crippen molar-refractivity contribution in [2.24, 2.45) is 23.7 Å². The van der Waals surface area contributed by atoms with Gasteiger partial charge in [-0.3, -0.25) is 9.59 Å². The van der Waals surface area contributed by atoms with Crippen molar-refractivity contribution < 1.29 is 14.1 Å². The zero-order valence-electron chi connectivity index (χ0n) is 14.7. The molecule has 5 fully saturated rings. The van der Waals surface area contributed by atoms with Crippen molar-refractivity contribution in [1.29, 1.82) is 0 Å². The quantitative estimate of drug-likeness (QED) is 0.912. The van der Waals surface area contributed by atoms with Gasteiger partial charge in [-0.25, -0.2) is 0 Å². The SMILES string of the molecule is Cc1cc(C(=O)N2CC(C(=O)NC34CC5CC(CC(C5)C3)C4)C2)no1. The van der Waals surface area contributed by atoms with Crippen LogP contribution in [0.3, 0.4) is 0 Å². The van der Waals surface area contributed by atoms with E-state index in [1.165, 1.54) is 38.5 Å². The summed E-state index contributed by atoms with van der Waals surface area (Å²) in [7, 11) is 0. The second-order valence-electron chi connectivity index (χ2n) is 8.92. The fourth-order valence-electron chi connectivity index (χ4n) is 6.07. The van der Waals surface area contributed by atoms with Gasteiger partial charge in [-0.05, 0) is 63.2 Å². The summed E-state index contributed by atoms with van der Waals surface area (Å²) < 4.78 is 4.96. The molecule has 134 valence electrons. The van der Waals surface area contributed by atoms with E-state index in [2.05, 4.69) is 10.5 Å². The molecule has 0 radical (unpaired) electrons. The number of carbonyl (C=O) groups is 2. The highest BCUT2D eigenvalue weighted by Gasteiger charge is 2.52. The lowest BCUT2D eigenvalue weighted by atomic mass is 9.53. The lowest BCUT2D eigenvalue weighted by Gasteiger charge is -2.57. The average molecular weight is 343 g/mol. The van der Waals surface area contributed by atoms with Crippen LogP contribution in [0.2, 0.25) is 0 Å². The Morgan fingerprint density at radius 3 is 2.28 bits per heavy atom. The Morgan fingerprint density at radius 1 is 1.16 bits per heavy atom. The van der Waals surface area contributed by atoms with Crippen molar-refractivity contribution >= 4 is 11.8 Å². The van der Waals surface area contributed by atoms with Gasteiger partial charge in [0, 0.05) is 24.7 Å². The summed E-state index contributed by atoms with van der Waals surface area (Å²) in [5.74, 6) is 3.01. The first kappa shape index (κ1) is 15.4. The molecule has 0 spiro atoms. The second kappa shape index (κ2) is 5.32. The molecule has 1 N–H and O–H groups in total. The number of likely N-dealkylation sites (tertiary alicyclic amines) is 1. The van der Waals surface area contributed by atoms with Crippen LogP contribution in [-0.2, 0) is 4.79 Å². The lowest BCUT2D eigenvalue weighted by molar-refractivity contribution is -0.134. The van der Waals surface area contributed by atoms with Crippen LogP contribution in [0.5, 0.6) is 0 Å². The van der Waals surface area contributed by atoms with E-state index < -0.39 is 0 Å². The van der Waals surface area contributed by atoms with E-state index in [9.17, 15) is 9.59 Å². The minimum atomic E-state index is -0.143. The van der Waals surface area contributed by atoms with E-state index in [1.54, 1.807) is 17.9 Å². The molecular weight excluding hydrogens is 318 g/mol. The Bertz CT molecular complexity index is 684. The predicted molar refractivity (Wildman–Crippen MR) is 89.7 cm³/mol. The number of nitrogens with zero attached hydrogens (tertiary/aromatic N) is 2. The highest BCUT2D eigenvalue weighted by Crippen LogP contribution is 2.55. The highest BCUT2D eigenvalue weighted by molar-refractivity contribution is 5.94. The first-order chi connectivity index (χ1) is 12.0. The Hall–Kier alpha value is -1.85. The third-order valence-corrected chi connectivity index (χ3v) is 6.81. The molecule has 0 unspecified atom stereocenters. The van der Waals surface area contributed by atoms with Crippen molar-refractivity contribution in [2.75, 3.05) is 13.1 Å². The number of hydrogen-bond donors (Lipinski definition) is 1. The van der Waals surface area contributed by atoms with Crippen LogP contribution in [0.4, 0.5) is 0 Å². The van der Waals surface area contributed by atoms with E-state index in [-0.39, 0.29) is 23.3 Å². The fourth-order valence-corrected chi connectivity index (χ4v) is 6.07. The van der Waals surface area contributed by atoms with Gasteiger partial charge in [0.1, 0.15) is 5.76 Å². The number of carbonyl (C=O) groups excluding carboxylic acids is 2.